The van der Waals surface area contributed by atoms with Crippen molar-refractivity contribution in [2.75, 3.05) is 26.7 Å². The van der Waals surface area contributed by atoms with E-state index in [9.17, 15) is 9.90 Å². The van der Waals surface area contributed by atoms with Gasteiger partial charge in [-0.15, -0.1) is 0 Å². The molecule has 0 amide bonds. The van der Waals surface area contributed by atoms with Gasteiger partial charge >= 0.3 is 0 Å². The number of aliphatic hydroxyl groups excluding tert-OH is 1. The molecule has 1 saturated heterocycles. The first kappa shape index (κ1) is 16.6. The number of carbonyl (C=O) groups is 1. The zero-order valence-corrected chi connectivity index (χ0v) is 14.6. The van der Waals surface area contributed by atoms with Gasteiger partial charge in [0.05, 0.1) is 13.2 Å². The Bertz CT molecular complexity index is 782. The second-order valence-electron chi connectivity index (χ2n) is 7.54. The van der Waals surface area contributed by atoms with Crippen LogP contribution in [0.2, 0.25) is 0 Å². The molecule has 2 aromatic rings. The molecule has 0 spiro atoms. The minimum absolute atomic E-state index is 0.113. The number of benzene rings is 2. The summed E-state index contributed by atoms with van der Waals surface area (Å²) in [5.74, 6) is 1.63. The number of Topliss-reactive ketones (excluding diaryl/α,β-unsaturated/α-hetero) is 1. The van der Waals surface area contributed by atoms with Crippen molar-refractivity contribution in [2.45, 2.75) is 25.4 Å². The molecular weight excluding hydrogens is 314 g/mol. The van der Waals surface area contributed by atoms with Gasteiger partial charge in [0.2, 0.25) is 0 Å². The fourth-order valence-electron chi connectivity index (χ4n) is 3.91. The molecule has 0 bridgehead atoms. The quantitative estimate of drug-likeness (QED) is 0.851. The lowest BCUT2D eigenvalue weighted by Gasteiger charge is -2.35. The molecule has 0 radical (unpaired) electrons. The number of rotatable bonds is 5. The SMILES string of the molecule is COc1ccc2cc(C(=O)C3CC(O)CN(CC4CC4)C3)ccc2c1. The maximum absolute atomic E-state index is 13.0. The summed E-state index contributed by atoms with van der Waals surface area (Å²) in [5.41, 5.74) is 0.739. The Morgan fingerprint density at radius 2 is 1.92 bits per heavy atom. The predicted octanol–water partition coefficient (Wildman–Crippen LogP) is 3.12. The molecule has 4 rings (SSSR count). The first-order valence-corrected chi connectivity index (χ1v) is 9.15. The van der Waals surface area contributed by atoms with Crippen LogP contribution in [0, 0.1) is 11.8 Å². The van der Waals surface area contributed by atoms with Crippen molar-refractivity contribution in [1.82, 2.24) is 4.90 Å². The van der Waals surface area contributed by atoms with Crippen LogP contribution in [0.1, 0.15) is 29.6 Å². The van der Waals surface area contributed by atoms with Gasteiger partial charge in [-0.05, 0) is 54.2 Å². The third-order valence-electron chi connectivity index (χ3n) is 5.42. The summed E-state index contributed by atoms with van der Waals surface area (Å²) in [4.78, 5) is 15.3. The molecule has 1 aliphatic heterocycles. The number of ketones is 1. The minimum Gasteiger partial charge on any atom is -0.497 e. The Hall–Kier alpha value is -1.91. The smallest absolute Gasteiger partial charge is 0.167 e. The molecule has 2 atom stereocenters. The fraction of sp³-hybridized carbons (Fsp3) is 0.476. The van der Waals surface area contributed by atoms with Gasteiger partial charge in [-0.3, -0.25) is 9.69 Å². The molecule has 0 aromatic heterocycles. The lowest BCUT2D eigenvalue weighted by atomic mass is 9.88. The van der Waals surface area contributed by atoms with Crippen LogP contribution < -0.4 is 4.74 Å². The zero-order valence-electron chi connectivity index (χ0n) is 14.6. The summed E-state index contributed by atoms with van der Waals surface area (Å²) in [6.07, 6.45) is 2.76. The Morgan fingerprint density at radius 1 is 1.16 bits per heavy atom. The van der Waals surface area contributed by atoms with Crippen molar-refractivity contribution in [3.8, 4) is 5.75 Å². The summed E-state index contributed by atoms with van der Waals surface area (Å²) < 4.78 is 5.26. The summed E-state index contributed by atoms with van der Waals surface area (Å²) in [6.45, 7) is 2.50. The Kier molecular flexibility index (Phi) is 4.48. The molecule has 4 heteroatoms. The number of hydrogen-bond donors (Lipinski definition) is 1. The highest BCUT2D eigenvalue weighted by Crippen LogP contribution is 2.32. The standard InChI is InChI=1S/C21H25NO3/c1-25-20-7-6-15-8-17(5-4-16(15)10-20)21(24)18-9-19(23)13-22(12-18)11-14-2-3-14/h4-8,10,14,18-19,23H,2-3,9,11-13H2,1H3. The third-order valence-corrected chi connectivity index (χ3v) is 5.42. The average Bonchev–Trinajstić information content (AvgIpc) is 3.43. The molecule has 1 saturated carbocycles. The van der Waals surface area contributed by atoms with Crippen molar-refractivity contribution in [2.24, 2.45) is 11.8 Å². The van der Waals surface area contributed by atoms with E-state index in [0.717, 1.165) is 41.1 Å². The highest BCUT2D eigenvalue weighted by atomic mass is 16.5. The van der Waals surface area contributed by atoms with E-state index in [4.69, 9.17) is 4.74 Å². The highest BCUT2D eigenvalue weighted by Gasteiger charge is 2.34. The van der Waals surface area contributed by atoms with E-state index in [-0.39, 0.29) is 11.7 Å². The molecule has 132 valence electrons. The van der Waals surface area contributed by atoms with Gasteiger partial charge in [0, 0.05) is 31.1 Å². The molecule has 1 aliphatic carbocycles. The highest BCUT2D eigenvalue weighted by molar-refractivity contribution is 6.01. The molecule has 1 heterocycles. The number of likely N-dealkylation sites (tertiary alicyclic amines) is 1. The van der Waals surface area contributed by atoms with Crippen LogP contribution in [-0.2, 0) is 0 Å². The van der Waals surface area contributed by atoms with Gasteiger partial charge < -0.3 is 9.84 Å². The van der Waals surface area contributed by atoms with Crippen molar-refractivity contribution in [3.63, 3.8) is 0 Å². The number of carbonyl (C=O) groups excluding carboxylic acids is 1. The lowest BCUT2D eigenvalue weighted by molar-refractivity contribution is 0.0344. The molecule has 4 nitrogen and oxygen atoms in total. The number of β-amino-alcohol motifs (C(OH)–C–C–N with tert-alkyl or cyclic N) is 1. The van der Waals surface area contributed by atoms with Crippen LogP contribution in [0.5, 0.6) is 5.75 Å². The molecule has 25 heavy (non-hydrogen) atoms. The van der Waals surface area contributed by atoms with E-state index in [1.165, 1.54) is 12.8 Å². The Morgan fingerprint density at radius 3 is 2.68 bits per heavy atom. The van der Waals surface area contributed by atoms with Gasteiger partial charge in [0.1, 0.15) is 5.75 Å². The van der Waals surface area contributed by atoms with Crippen LogP contribution in [0.15, 0.2) is 36.4 Å². The van der Waals surface area contributed by atoms with Crippen LogP contribution in [0.4, 0.5) is 0 Å². The molecule has 2 aliphatic rings. The van der Waals surface area contributed by atoms with Crippen LogP contribution in [0.3, 0.4) is 0 Å². The van der Waals surface area contributed by atoms with Crippen molar-refractivity contribution < 1.29 is 14.6 Å². The second kappa shape index (κ2) is 6.77. The largest absolute Gasteiger partial charge is 0.497 e. The molecular formula is C21H25NO3. The second-order valence-corrected chi connectivity index (χ2v) is 7.54. The monoisotopic (exact) mass is 339 g/mol. The first-order valence-electron chi connectivity index (χ1n) is 9.15. The van der Waals surface area contributed by atoms with E-state index in [1.54, 1.807) is 7.11 Å². The Balaban J connectivity index is 1.53. The number of nitrogens with zero attached hydrogens (tertiary/aromatic N) is 1. The maximum Gasteiger partial charge on any atom is 0.167 e. The van der Waals surface area contributed by atoms with Gasteiger partial charge in [0.15, 0.2) is 5.78 Å². The Labute approximate surface area is 148 Å². The molecule has 2 fully saturated rings. The fourth-order valence-corrected chi connectivity index (χ4v) is 3.91. The number of hydrogen-bond acceptors (Lipinski definition) is 4. The normalized spacial score (nSPS) is 24.4. The first-order chi connectivity index (χ1) is 12.1. The van der Waals surface area contributed by atoms with E-state index in [0.29, 0.717) is 13.0 Å². The molecule has 1 N–H and O–H groups in total. The number of fused-ring (bicyclic) bond motifs is 1. The van der Waals surface area contributed by atoms with Gasteiger partial charge in [-0.25, -0.2) is 0 Å². The molecule has 2 aromatic carbocycles. The van der Waals surface area contributed by atoms with Crippen molar-refractivity contribution >= 4 is 16.6 Å². The van der Waals surface area contributed by atoms with Crippen LogP contribution in [-0.4, -0.2) is 48.6 Å². The number of piperidine rings is 1. The number of methoxy groups -OCH3 is 1. The summed E-state index contributed by atoms with van der Waals surface area (Å²) in [7, 11) is 1.65. The van der Waals surface area contributed by atoms with E-state index < -0.39 is 6.10 Å². The summed E-state index contributed by atoms with van der Waals surface area (Å²) in [5, 5.41) is 12.3. The molecule has 2 unspecified atom stereocenters. The predicted molar refractivity (Wildman–Crippen MR) is 98.1 cm³/mol. The van der Waals surface area contributed by atoms with Crippen molar-refractivity contribution in [3.05, 3.63) is 42.0 Å². The van der Waals surface area contributed by atoms with Gasteiger partial charge in [-0.2, -0.15) is 0 Å². The summed E-state index contributed by atoms with van der Waals surface area (Å²) >= 11 is 0. The van der Waals surface area contributed by atoms with Gasteiger partial charge in [0.25, 0.3) is 0 Å². The topological polar surface area (TPSA) is 49.8 Å². The zero-order chi connectivity index (χ0) is 17.4. The van der Waals surface area contributed by atoms with Crippen LogP contribution >= 0.6 is 0 Å². The van der Waals surface area contributed by atoms with E-state index in [1.807, 2.05) is 36.4 Å². The number of ether oxygens (including phenoxy) is 1. The average molecular weight is 339 g/mol. The number of aliphatic hydroxyl groups is 1. The van der Waals surface area contributed by atoms with Crippen molar-refractivity contribution in [1.29, 1.82) is 0 Å². The van der Waals surface area contributed by atoms with E-state index in [2.05, 4.69) is 4.90 Å². The maximum atomic E-state index is 13.0. The summed E-state index contributed by atoms with van der Waals surface area (Å²) in [6, 6.07) is 11.7. The van der Waals surface area contributed by atoms with Gasteiger partial charge in [-0.1, -0.05) is 18.2 Å². The lowest BCUT2D eigenvalue weighted by Crippen LogP contribution is -2.46. The van der Waals surface area contributed by atoms with Crippen LogP contribution in [0.25, 0.3) is 10.8 Å². The minimum atomic E-state index is -0.397. The van der Waals surface area contributed by atoms with E-state index >= 15 is 0 Å². The third kappa shape index (κ3) is 3.70.